The molecule has 1 rings (SSSR count). The number of ether oxygens (including phenoxy) is 2. The summed E-state index contributed by atoms with van der Waals surface area (Å²) in [4.78, 5) is 8.24. The van der Waals surface area contributed by atoms with Crippen LogP contribution in [0.4, 0.5) is 0 Å². The molecule has 5 heteroatoms. The summed E-state index contributed by atoms with van der Waals surface area (Å²) in [7, 11) is 1.66. The van der Waals surface area contributed by atoms with Crippen molar-refractivity contribution in [3.05, 3.63) is 17.0 Å². The number of aryl methyl sites for hydroxylation is 1. The highest BCUT2D eigenvalue weighted by Gasteiger charge is 2.02. The van der Waals surface area contributed by atoms with Crippen molar-refractivity contribution in [2.75, 3.05) is 20.3 Å². The molecule has 0 aliphatic heterocycles. The smallest absolute Gasteiger partial charge is 0.218 e. The third-order valence-electron chi connectivity index (χ3n) is 1.78. The van der Waals surface area contributed by atoms with Gasteiger partial charge < -0.3 is 9.47 Å². The Morgan fingerprint density at radius 2 is 2.13 bits per heavy atom. The maximum atomic E-state index is 5.81. The van der Waals surface area contributed by atoms with E-state index in [9.17, 15) is 0 Å². The van der Waals surface area contributed by atoms with Crippen LogP contribution >= 0.6 is 11.6 Å². The highest BCUT2D eigenvalue weighted by Crippen LogP contribution is 2.14. The van der Waals surface area contributed by atoms with E-state index in [0.717, 1.165) is 12.8 Å². The first kappa shape index (κ1) is 12.2. The summed E-state index contributed by atoms with van der Waals surface area (Å²) in [6.45, 7) is 3.23. The molecule has 0 saturated heterocycles. The van der Waals surface area contributed by atoms with Crippen LogP contribution in [0.3, 0.4) is 0 Å². The van der Waals surface area contributed by atoms with Crippen LogP contribution in [0.25, 0.3) is 0 Å². The molecule has 15 heavy (non-hydrogen) atoms. The average Bonchev–Trinajstić information content (AvgIpc) is 2.23. The van der Waals surface area contributed by atoms with Crippen LogP contribution < -0.4 is 4.74 Å². The molecule has 1 heterocycles. The van der Waals surface area contributed by atoms with E-state index >= 15 is 0 Å². The number of rotatable bonds is 6. The molecule has 0 saturated carbocycles. The molecule has 0 aliphatic rings. The Bertz CT molecular complexity index is 307. The molecule has 0 amide bonds. The zero-order valence-corrected chi connectivity index (χ0v) is 9.75. The number of nitrogens with zero attached hydrogens (tertiary/aromatic N) is 2. The van der Waals surface area contributed by atoms with Crippen LogP contribution in [0.5, 0.6) is 5.88 Å². The molecule has 0 fully saturated rings. The Labute approximate surface area is 94.6 Å². The van der Waals surface area contributed by atoms with Crippen LogP contribution in [0, 0.1) is 0 Å². The summed E-state index contributed by atoms with van der Waals surface area (Å²) >= 11 is 5.81. The van der Waals surface area contributed by atoms with E-state index in [0.29, 0.717) is 30.1 Å². The molecule has 0 unspecified atom stereocenters. The highest BCUT2D eigenvalue weighted by molar-refractivity contribution is 6.29. The first-order valence-electron chi connectivity index (χ1n) is 4.91. The van der Waals surface area contributed by atoms with Gasteiger partial charge in [0.2, 0.25) is 5.88 Å². The molecule has 84 valence electrons. The van der Waals surface area contributed by atoms with E-state index in [-0.39, 0.29) is 0 Å². The van der Waals surface area contributed by atoms with Crippen molar-refractivity contribution >= 4 is 11.6 Å². The molecular formula is C10H15ClN2O2. The third-order valence-corrected chi connectivity index (χ3v) is 1.97. The first-order chi connectivity index (χ1) is 7.26. The van der Waals surface area contributed by atoms with Crippen molar-refractivity contribution in [1.82, 2.24) is 9.97 Å². The van der Waals surface area contributed by atoms with Gasteiger partial charge in [-0.1, -0.05) is 18.5 Å². The first-order valence-corrected chi connectivity index (χ1v) is 5.29. The summed E-state index contributed by atoms with van der Waals surface area (Å²) in [6, 6.07) is 1.62. The van der Waals surface area contributed by atoms with E-state index < -0.39 is 0 Å². The van der Waals surface area contributed by atoms with E-state index in [1.54, 1.807) is 13.2 Å². The predicted octanol–water partition coefficient (Wildman–Crippen LogP) is 2.11. The van der Waals surface area contributed by atoms with Gasteiger partial charge in [0.25, 0.3) is 0 Å². The number of hydrogen-bond donors (Lipinski definition) is 0. The number of hydrogen-bond acceptors (Lipinski definition) is 4. The van der Waals surface area contributed by atoms with Gasteiger partial charge in [0.15, 0.2) is 0 Å². The molecule has 0 bridgehead atoms. The fraction of sp³-hybridized carbons (Fsp3) is 0.600. The van der Waals surface area contributed by atoms with Gasteiger partial charge in [0.05, 0.1) is 6.61 Å². The van der Waals surface area contributed by atoms with Gasteiger partial charge in [0.1, 0.15) is 11.0 Å². The zero-order chi connectivity index (χ0) is 11.1. The summed E-state index contributed by atoms with van der Waals surface area (Å²) < 4.78 is 10.3. The average molecular weight is 231 g/mol. The van der Waals surface area contributed by atoms with Crippen molar-refractivity contribution in [3.8, 4) is 5.88 Å². The minimum Gasteiger partial charge on any atom is -0.477 e. The molecule has 0 radical (unpaired) electrons. The molecular weight excluding hydrogens is 216 g/mol. The summed E-state index contributed by atoms with van der Waals surface area (Å²) in [5.74, 6) is 1.23. The normalized spacial score (nSPS) is 10.3. The lowest BCUT2D eigenvalue weighted by Crippen LogP contribution is -2.04. The second-order valence-corrected chi connectivity index (χ2v) is 3.38. The minimum atomic E-state index is 0.420. The second-order valence-electron chi connectivity index (χ2n) is 2.99. The van der Waals surface area contributed by atoms with Gasteiger partial charge in [-0.15, -0.1) is 0 Å². The van der Waals surface area contributed by atoms with Crippen molar-refractivity contribution in [2.45, 2.75) is 19.8 Å². The van der Waals surface area contributed by atoms with Crippen molar-refractivity contribution < 1.29 is 9.47 Å². The second kappa shape index (κ2) is 6.58. The van der Waals surface area contributed by atoms with E-state index in [1.807, 2.05) is 6.92 Å². The largest absolute Gasteiger partial charge is 0.477 e. The van der Waals surface area contributed by atoms with Crippen LogP contribution in [0.1, 0.15) is 19.2 Å². The van der Waals surface area contributed by atoms with Gasteiger partial charge in [-0.2, -0.15) is 4.98 Å². The van der Waals surface area contributed by atoms with Gasteiger partial charge in [-0.3, -0.25) is 0 Å². The monoisotopic (exact) mass is 230 g/mol. The predicted molar refractivity (Wildman–Crippen MR) is 58.4 cm³/mol. The molecule has 0 atom stereocenters. The lowest BCUT2D eigenvalue weighted by molar-refractivity contribution is 0.170. The summed E-state index contributed by atoms with van der Waals surface area (Å²) in [5, 5.41) is 0.420. The molecule has 4 nitrogen and oxygen atoms in total. The zero-order valence-electron chi connectivity index (χ0n) is 8.99. The fourth-order valence-electron chi connectivity index (χ4n) is 1.05. The van der Waals surface area contributed by atoms with Gasteiger partial charge in [0, 0.05) is 32.6 Å². The number of aromatic nitrogens is 2. The lowest BCUT2D eigenvalue weighted by atomic mass is 10.4. The standard InChI is InChI=1S/C10H15ClN2O2/c1-3-9-12-8(11)7-10(13-9)15-6-4-5-14-2/h7H,3-6H2,1-2H3. The Morgan fingerprint density at radius 3 is 2.80 bits per heavy atom. The van der Waals surface area contributed by atoms with Crippen molar-refractivity contribution in [1.29, 1.82) is 0 Å². The molecule has 1 aromatic heterocycles. The lowest BCUT2D eigenvalue weighted by Gasteiger charge is -2.06. The van der Waals surface area contributed by atoms with E-state index in [4.69, 9.17) is 21.1 Å². The molecule has 0 spiro atoms. The van der Waals surface area contributed by atoms with E-state index in [1.165, 1.54) is 0 Å². The topological polar surface area (TPSA) is 44.2 Å². The third kappa shape index (κ3) is 4.44. The van der Waals surface area contributed by atoms with Crippen LogP contribution in [0.2, 0.25) is 5.15 Å². The Kier molecular flexibility index (Phi) is 5.36. The quantitative estimate of drug-likeness (QED) is 0.555. The minimum absolute atomic E-state index is 0.420. The van der Waals surface area contributed by atoms with Gasteiger partial charge >= 0.3 is 0 Å². The summed E-state index contributed by atoms with van der Waals surface area (Å²) in [6.07, 6.45) is 1.58. The highest BCUT2D eigenvalue weighted by atomic mass is 35.5. The molecule has 1 aromatic rings. The maximum Gasteiger partial charge on any atom is 0.218 e. The fourth-order valence-corrected chi connectivity index (χ4v) is 1.24. The Morgan fingerprint density at radius 1 is 1.33 bits per heavy atom. The van der Waals surface area contributed by atoms with Crippen LogP contribution in [0.15, 0.2) is 6.07 Å². The SMILES string of the molecule is CCc1nc(Cl)cc(OCCCOC)n1. The summed E-state index contributed by atoms with van der Waals surface area (Å²) in [5.41, 5.74) is 0. The Hall–Kier alpha value is -0.870. The van der Waals surface area contributed by atoms with Crippen molar-refractivity contribution in [2.24, 2.45) is 0 Å². The number of halogens is 1. The van der Waals surface area contributed by atoms with Crippen LogP contribution in [-0.4, -0.2) is 30.3 Å². The Balaban J connectivity index is 2.49. The van der Waals surface area contributed by atoms with Crippen LogP contribution in [-0.2, 0) is 11.2 Å². The van der Waals surface area contributed by atoms with Gasteiger partial charge in [-0.25, -0.2) is 4.98 Å². The maximum absolute atomic E-state index is 5.81. The molecule has 0 aromatic carbocycles. The molecule has 0 aliphatic carbocycles. The molecule has 0 N–H and O–H groups in total. The van der Waals surface area contributed by atoms with E-state index in [2.05, 4.69) is 9.97 Å². The van der Waals surface area contributed by atoms with Crippen molar-refractivity contribution in [3.63, 3.8) is 0 Å². The number of methoxy groups -OCH3 is 1. The van der Waals surface area contributed by atoms with Gasteiger partial charge in [-0.05, 0) is 0 Å².